The third-order valence-corrected chi connectivity index (χ3v) is 10.9. The topological polar surface area (TPSA) is 64.0 Å². The number of anilines is 2. The molecule has 0 radical (unpaired) electrons. The predicted octanol–water partition coefficient (Wildman–Crippen LogP) is 0.165. The number of aliphatic hydroxyl groups excluding tert-OH is 2. The molecule has 5 rings (SSSR count). The number of carbonyl (C=O) groups is 1. The van der Waals surface area contributed by atoms with Gasteiger partial charge in [0.05, 0.1) is 0 Å². The zero-order valence-corrected chi connectivity index (χ0v) is 20.0. The molecule has 154 valence electrons. The Morgan fingerprint density at radius 1 is 0.833 bits per heavy atom. The first-order chi connectivity index (χ1) is 14.5. The maximum absolute atomic E-state index is 12.9. The fourth-order valence-corrected chi connectivity index (χ4v) is 8.97. The number of hydrogen-bond donors (Lipinski definition) is 2. The Bertz CT molecular complexity index is 1080. The van der Waals surface area contributed by atoms with E-state index in [0.29, 0.717) is 0 Å². The molecule has 2 aromatic rings. The molecule has 4 unspecified atom stereocenters. The van der Waals surface area contributed by atoms with Gasteiger partial charge in [0, 0.05) is 0 Å². The average Bonchev–Trinajstić information content (AvgIpc) is 3.31. The maximum atomic E-state index is 12.9. The molecule has 7 heteroatoms. The summed E-state index contributed by atoms with van der Waals surface area (Å²) in [5.41, 5.74) is 2.31. The van der Waals surface area contributed by atoms with Crippen molar-refractivity contribution in [3.8, 4) is 0 Å². The number of rotatable bonds is 2. The summed E-state index contributed by atoms with van der Waals surface area (Å²) in [6.07, 6.45) is 1.70. The molecule has 0 amide bonds. The van der Waals surface area contributed by atoms with Crippen LogP contribution in [0.5, 0.6) is 0 Å². The van der Waals surface area contributed by atoms with E-state index in [1.807, 2.05) is 50.5 Å². The van der Waals surface area contributed by atoms with Crippen molar-refractivity contribution < 1.29 is 15.0 Å². The Morgan fingerprint density at radius 3 is 1.87 bits per heavy atom. The van der Waals surface area contributed by atoms with Crippen LogP contribution in [0.4, 0.5) is 11.4 Å². The molecule has 2 N–H and O–H groups in total. The number of benzene rings is 2. The second-order valence-electron chi connectivity index (χ2n) is 7.71. The summed E-state index contributed by atoms with van der Waals surface area (Å²) in [5.74, 6) is -1.56. The summed E-state index contributed by atoms with van der Waals surface area (Å²) in [6, 6.07) is 16.4. The van der Waals surface area contributed by atoms with Crippen LogP contribution in [0.15, 0.2) is 69.9 Å². The zero-order valence-electron chi connectivity index (χ0n) is 16.6. The summed E-state index contributed by atoms with van der Waals surface area (Å²) in [4.78, 5) is 17.1. The number of Topliss-reactive ketones (excluding diaryl/α,β-unsaturated/α-hetero) is 1. The molecule has 2 aromatic carbocycles. The summed E-state index contributed by atoms with van der Waals surface area (Å²) in [6.45, 7) is 0. The Balaban J connectivity index is 1.41. The van der Waals surface area contributed by atoms with Gasteiger partial charge in [0.15, 0.2) is 0 Å². The van der Waals surface area contributed by atoms with Crippen LogP contribution >= 0.6 is 0 Å². The van der Waals surface area contributed by atoms with Gasteiger partial charge in [-0.05, 0) is 0 Å². The first-order valence-corrected chi connectivity index (χ1v) is 13.2. The first kappa shape index (κ1) is 20.1. The van der Waals surface area contributed by atoms with E-state index < -0.39 is 24.0 Å². The Kier molecular flexibility index (Phi) is 5.14. The fourth-order valence-electron chi connectivity index (χ4n) is 4.20. The molecule has 5 nitrogen and oxygen atoms in total. The van der Waals surface area contributed by atoms with Gasteiger partial charge in [0.2, 0.25) is 0 Å². The van der Waals surface area contributed by atoms with Gasteiger partial charge < -0.3 is 0 Å². The van der Waals surface area contributed by atoms with E-state index in [2.05, 4.69) is 34.1 Å². The van der Waals surface area contributed by atoms with Gasteiger partial charge in [-0.1, -0.05) is 0 Å². The van der Waals surface area contributed by atoms with Gasteiger partial charge in [-0.3, -0.25) is 0 Å². The van der Waals surface area contributed by atoms with Crippen molar-refractivity contribution in [1.29, 1.82) is 0 Å². The summed E-state index contributed by atoms with van der Waals surface area (Å²) >= 11 is 0.185. The van der Waals surface area contributed by atoms with Crippen molar-refractivity contribution in [3.63, 3.8) is 0 Å². The van der Waals surface area contributed by atoms with E-state index in [1.54, 1.807) is 0 Å². The molecule has 3 aliphatic rings. The number of ketones is 1. The molecule has 1 fully saturated rings. The number of fused-ring (bicyclic) bond motifs is 2. The monoisotopic (exact) mass is 534 g/mol. The van der Waals surface area contributed by atoms with E-state index in [1.165, 1.54) is 8.92 Å². The van der Waals surface area contributed by atoms with Gasteiger partial charge in [-0.15, -0.1) is 0 Å². The summed E-state index contributed by atoms with van der Waals surface area (Å²) < 4.78 is 4.67. The molecule has 4 atom stereocenters. The van der Waals surface area contributed by atoms with Crippen LogP contribution in [0, 0.1) is 11.8 Å². The van der Waals surface area contributed by atoms with E-state index in [9.17, 15) is 15.0 Å². The third-order valence-electron chi connectivity index (χ3n) is 5.95. The SMILES string of the molecule is CN1/C(=C\C2C(=O)C(O)C(/C=C3/[Se]c4ccccc4N3C)C2O)[Se]c2ccccc21. The standard InChI is InChI=1S/C23H22N2O3Se2/c1-24-15-7-3-5-9-17(15)29-19(24)11-13-21(26)14(23(28)22(13)27)12-20-25(2)16-8-4-6-10-18(16)30-20/h3-14,21-22,26-27H,1-2H3/b19-11+,20-12+. The number of nitrogens with zero attached hydrogens (tertiary/aromatic N) is 2. The average molecular weight is 532 g/mol. The van der Waals surface area contributed by atoms with E-state index in [-0.39, 0.29) is 35.7 Å². The number of carbonyl (C=O) groups excluding carboxylic acids is 1. The first-order valence-electron chi connectivity index (χ1n) is 9.80. The van der Waals surface area contributed by atoms with Crippen molar-refractivity contribution in [2.75, 3.05) is 23.9 Å². The van der Waals surface area contributed by atoms with E-state index in [0.717, 1.165) is 20.6 Å². The van der Waals surface area contributed by atoms with Crippen molar-refractivity contribution >= 4 is 56.0 Å². The number of hydrogen-bond acceptors (Lipinski definition) is 5. The normalized spacial score (nSPS) is 30.5. The molecular formula is C23H22N2O3Se2. The van der Waals surface area contributed by atoms with Crippen molar-refractivity contribution in [3.05, 3.63) is 69.9 Å². The summed E-state index contributed by atoms with van der Waals surface area (Å²) in [7, 11) is 4.00. The molecule has 0 saturated heterocycles. The van der Waals surface area contributed by atoms with E-state index in [4.69, 9.17) is 0 Å². The van der Waals surface area contributed by atoms with E-state index >= 15 is 0 Å². The number of para-hydroxylation sites is 2. The molecule has 0 spiro atoms. The zero-order chi connectivity index (χ0) is 21.0. The second-order valence-corrected chi connectivity index (χ2v) is 12.2. The van der Waals surface area contributed by atoms with Crippen LogP contribution in [0.1, 0.15) is 0 Å². The van der Waals surface area contributed by atoms with Crippen molar-refractivity contribution in [2.24, 2.45) is 11.8 Å². The van der Waals surface area contributed by atoms with Gasteiger partial charge in [-0.2, -0.15) is 0 Å². The minimum absolute atomic E-state index is 0.0866. The Hall–Kier alpha value is -1.85. The van der Waals surface area contributed by atoms with Crippen LogP contribution in [0.3, 0.4) is 0 Å². The molecule has 0 aromatic heterocycles. The Morgan fingerprint density at radius 2 is 1.33 bits per heavy atom. The third kappa shape index (κ3) is 3.18. The molecule has 30 heavy (non-hydrogen) atoms. The van der Waals surface area contributed by atoms with Crippen LogP contribution in [0.2, 0.25) is 0 Å². The molecule has 1 saturated carbocycles. The van der Waals surface area contributed by atoms with Crippen LogP contribution in [0.25, 0.3) is 0 Å². The molecule has 2 heterocycles. The van der Waals surface area contributed by atoms with Crippen LogP contribution in [-0.2, 0) is 4.79 Å². The minimum atomic E-state index is -1.18. The molecule has 0 bridgehead atoms. The van der Waals surface area contributed by atoms with Gasteiger partial charge in [-0.25, -0.2) is 0 Å². The Labute approximate surface area is 188 Å². The number of aliphatic hydroxyl groups is 2. The predicted molar refractivity (Wildman–Crippen MR) is 121 cm³/mol. The second kappa shape index (κ2) is 7.68. The van der Waals surface area contributed by atoms with Crippen molar-refractivity contribution in [1.82, 2.24) is 0 Å². The van der Waals surface area contributed by atoms with Crippen molar-refractivity contribution in [2.45, 2.75) is 12.2 Å². The van der Waals surface area contributed by atoms with Gasteiger partial charge >= 0.3 is 189 Å². The molecular weight excluding hydrogens is 510 g/mol. The van der Waals surface area contributed by atoms with Crippen LogP contribution < -0.4 is 18.7 Å². The molecule has 1 aliphatic carbocycles. The fraction of sp³-hybridized carbons (Fsp3) is 0.261. The van der Waals surface area contributed by atoms with Gasteiger partial charge in [0.1, 0.15) is 0 Å². The van der Waals surface area contributed by atoms with Gasteiger partial charge in [0.25, 0.3) is 0 Å². The quantitative estimate of drug-likeness (QED) is 0.541. The van der Waals surface area contributed by atoms with Crippen LogP contribution in [-0.4, -0.2) is 72.2 Å². The molecule has 2 aliphatic heterocycles. The summed E-state index contributed by atoms with van der Waals surface area (Å²) in [5, 5.41) is 21.7.